The Morgan fingerprint density at radius 1 is 1.60 bits per heavy atom. The fraction of sp³-hybridized carbons (Fsp3) is 0.111. The lowest BCUT2D eigenvalue weighted by atomic mass is 10.1. The van der Waals surface area contributed by atoms with Crippen molar-refractivity contribution in [1.82, 2.24) is 0 Å². The van der Waals surface area contributed by atoms with Crippen molar-refractivity contribution in [3.05, 3.63) is 33.4 Å². The predicted molar refractivity (Wildman–Crippen MR) is 49.8 cm³/mol. The number of hydrogen-bond acceptors (Lipinski definition) is 5. The highest BCUT2D eigenvalue weighted by Crippen LogP contribution is 2.33. The molecule has 6 heteroatoms. The molecule has 0 radical (unpaired) electrons. The maximum Gasteiger partial charge on any atom is 0.329 e. The summed E-state index contributed by atoms with van der Waals surface area (Å²) in [6.45, 7) is 0. The number of methoxy groups -OCH3 is 1. The highest BCUT2D eigenvalue weighted by molar-refractivity contribution is 5.83. The third kappa shape index (κ3) is 1.76. The molecule has 0 amide bonds. The molecule has 0 bridgehead atoms. The zero-order valence-electron chi connectivity index (χ0n) is 7.76. The minimum atomic E-state index is -0.746. The number of nitrogens with zero attached hydrogens (tertiary/aromatic N) is 2. The third-order valence-electron chi connectivity index (χ3n) is 1.80. The molecule has 0 aliphatic rings. The van der Waals surface area contributed by atoms with E-state index in [4.69, 9.17) is 10.00 Å². The van der Waals surface area contributed by atoms with Crippen molar-refractivity contribution in [2.24, 2.45) is 0 Å². The van der Waals surface area contributed by atoms with Gasteiger partial charge in [-0.3, -0.25) is 14.9 Å². The molecule has 0 saturated heterocycles. The molecule has 0 spiro atoms. The molecule has 1 aromatic rings. The molecular formula is C9H6N2O4. The first-order chi connectivity index (χ1) is 7.15. The molecular weight excluding hydrogens is 200 g/mol. The van der Waals surface area contributed by atoms with Gasteiger partial charge in [-0.15, -0.1) is 0 Å². The van der Waals surface area contributed by atoms with Gasteiger partial charge in [0.25, 0.3) is 0 Å². The van der Waals surface area contributed by atoms with Gasteiger partial charge < -0.3 is 4.74 Å². The second-order valence-corrected chi connectivity index (χ2v) is 2.57. The molecule has 76 valence electrons. The number of hydrogen-bond donors (Lipinski definition) is 0. The van der Waals surface area contributed by atoms with Gasteiger partial charge in [0.2, 0.25) is 5.75 Å². The Kier molecular flexibility index (Phi) is 2.98. The van der Waals surface area contributed by atoms with Crippen molar-refractivity contribution in [3.8, 4) is 11.8 Å². The molecule has 0 aliphatic heterocycles. The van der Waals surface area contributed by atoms with Crippen molar-refractivity contribution in [3.63, 3.8) is 0 Å². The maximum absolute atomic E-state index is 10.7. The Morgan fingerprint density at radius 2 is 2.27 bits per heavy atom. The van der Waals surface area contributed by atoms with E-state index >= 15 is 0 Å². The summed E-state index contributed by atoms with van der Waals surface area (Å²) in [7, 11) is 1.20. The van der Waals surface area contributed by atoms with E-state index in [0.29, 0.717) is 6.29 Å². The first kappa shape index (κ1) is 10.7. The fourth-order valence-corrected chi connectivity index (χ4v) is 1.17. The Bertz CT molecular complexity index is 462. The van der Waals surface area contributed by atoms with Crippen molar-refractivity contribution < 1.29 is 14.5 Å². The monoisotopic (exact) mass is 206 g/mol. The first-order valence-electron chi connectivity index (χ1n) is 3.86. The maximum atomic E-state index is 10.7. The van der Waals surface area contributed by atoms with Gasteiger partial charge in [-0.05, 0) is 12.1 Å². The largest absolute Gasteiger partial charge is 0.490 e. The van der Waals surface area contributed by atoms with Gasteiger partial charge in [0.05, 0.1) is 17.6 Å². The zero-order valence-corrected chi connectivity index (χ0v) is 7.76. The van der Waals surface area contributed by atoms with E-state index in [1.54, 1.807) is 6.07 Å². The van der Waals surface area contributed by atoms with Crippen LogP contribution in [0, 0.1) is 21.4 Å². The second-order valence-electron chi connectivity index (χ2n) is 2.57. The number of ether oxygens (including phenoxy) is 1. The number of nitro groups is 1. The van der Waals surface area contributed by atoms with Crippen molar-refractivity contribution in [2.45, 2.75) is 0 Å². The van der Waals surface area contributed by atoms with Gasteiger partial charge in [0.1, 0.15) is 11.6 Å². The van der Waals surface area contributed by atoms with E-state index in [0.717, 1.165) is 0 Å². The quantitative estimate of drug-likeness (QED) is 0.422. The van der Waals surface area contributed by atoms with Crippen LogP contribution < -0.4 is 4.74 Å². The molecule has 1 aromatic carbocycles. The van der Waals surface area contributed by atoms with Crippen LogP contribution in [0.15, 0.2) is 12.1 Å². The Morgan fingerprint density at radius 3 is 2.67 bits per heavy atom. The third-order valence-corrected chi connectivity index (χ3v) is 1.80. The molecule has 0 atom stereocenters. The highest BCUT2D eigenvalue weighted by Gasteiger charge is 2.23. The van der Waals surface area contributed by atoms with Crippen molar-refractivity contribution in [1.29, 1.82) is 5.26 Å². The second kappa shape index (κ2) is 4.19. The Hall–Kier alpha value is -2.42. The molecule has 0 saturated carbocycles. The lowest BCUT2D eigenvalue weighted by Gasteiger charge is -2.04. The van der Waals surface area contributed by atoms with Crippen LogP contribution in [0.5, 0.6) is 5.75 Å². The van der Waals surface area contributed by atoms with E-state index in [2.05, 4.69) is 0 Å². The normalized spacial score (nSPS) is 9.07. The SMILES string of the molecule is COc1c(C=O)ccc(C#N)c1[N+](=O)[O-]. The molecule has 0 heterocycles. The average molecular weight is 206 g/mol. The summed E-state index contributed by atoms with van der Waals surface area (Å²) >= 11 is 0. The van der Waals surface area contributed by atoms with Crippen LogP contribution in [0.4, 0.5) is 5.69 Å². The van der Waals surface area contributed by atoms with E-state index in [1.165, 1.54) is 19.2 Å². The summed E-state index contributed by atoms with van der Waals surface area (Å²) in [4.78, 5) is 20.5. The summed E-state index contributed by atoms with van der Waals surface area (Å²) in [6.07, 6.45) is 0.437. The molecule has 0 unspecified atom stereocenters. The topological polar surface area (TPSA) is 93.2 Å². The van der Waals surface area contributed by atoms with Gasteiger partial charge in [-0.1, -0.05) is 0 Å². The minimum absolute atomic E-state index is 0.0446. The summed E-state index contributed by atoms with van der Waals surface area (Å²) < 4.78 is 4.75. The van der Waals surface area contributed by atoms with Crippen LogP contribution in [-0.4, -0.2) is 18.3 Å². The molecule has 0 N–H and O–H groups in total. The van der Waals surface area contributed by atoms with E-state index in [1.807, 2.05) is 0 Å². The fourth-order valence-electron chi connectivity index (χ4n) is 1.17. The Balaban J connectivity index is 3.60. The number of benzene rings is 1. The minimum Gasteiger partial charge on any atom is -0.490 e. The van der Waals surface area contributed by atoms with Crippen LogP contribution in [0.2, 0.25) is 0 Å². The number of nitro benzene ring substituents is 1. The average Bonchev–Trinajstić information content (AvgIpc) is 2.26. The molecule has 0 aromatic heterocycles. The van der Waals surface area contributed by atoms with Crippen molar-refractivity contribution in [2.75, 3.05) is 7.11 Å². The smallest absolute Gasteiger partial charge is 0.329 e. The lowest BCUT2D eigenvalue weighted by molar-refractivity contribution is -0.386. The van der Waals surface area contributed by atoms with E-state index in [-0.39, 0.29) is 16.9 Å². The van der Waals surface area contributed by atoms with Gasteiger partial charge in [0, 0.05) is 0 Å². The first-order valence-corrected chi connectivity index (χ1v) is 3.86. The molecule has 0 fully saturated rings. The lowest BCUT2D eigenvalue weighted by Crippen LogP contribution is -2.00. The van der Waals surface area contributed by atoms with E-state index < -0.39 is 10.6 Å². The number of aldehydes is 1. The highest BCUT2D eigenvalue weighted by atomic mass is 16.6. The summed E-state index contributed by atoms with van der Waals surface area (Å²) in [6, 6.07) is 4.18. The zero-order chi connectivity index (χ0) is 11.4. The molecule has 15 heavy (non-hydrogen) atoms. The van der Waals surface area contributed by atoms with Crippen LogP contribution >= 0.6 is 0 Å². The molecule has 0 aliphatic carbocycles. The number of carbonyl (C=O) groups excluding carboxylic acids is 1. The number of rotatable bonds is 3. The number of carbonyl (C=O) groups is 1. The van der Waals surface area contributed by atoms with Crippen molar-refractivity contribution >= 4 is 12.0 Å². The van der Waals surface area contributed by atoms with Gasteiger partial charge in [-0.25, -0.2) is 0 Å². The Labute approximate surface area is 84.8 Å². The van der Waals surface area contributed by atoms with E-state index in [9.17, 15) is 14.9 Å². The molecule has 1 rings (SSSR count). The molecule has 6 nitrogen and oxygen atoms in total. The van der Waals surface area contributed by atoms with Gasteiger partial charge in [0.15, 0.2) is 6.29 Å². The summed E-state index contributed by atoms with van der Waals surface area (Å²) in [5.41, 5.74) is -0.574. The summed E-state index contributed by atoms with van der Waals surface area (Å²) in [5, 5.41) is 19.3. The van der Waals surface area contributed by atoms with Gasteiger partial charge >= 0.3 is 5.69 Å². The van der Waals surface area contributed by atoms with Crippen LogP contribution in [-0.2, 0) is 0 Å². The van der Waals surface area contributed by atoms with Crippen LogP contribution in [0.25, 0.3) is 0 Å². The summed E-state index contributed by atoms with van der Waals surface area (Å²) in [5.74, 6) is -0.186. The van der Waals surface area contributed by atoms with Crippen LogP contribution in [0.3, 0.4) is 0 Å². The number of nitriles is 1. The predicted octanol–water partition coefficient (Wildman–Crippen LogP) is 1.29. The van der Waals surface area contributed by atoms with Gasteiger partial charge in [-0.2, -0.15) is 5.26 Å². The van der Waals surface area contributed by atoms with Crippen LogP contribution in [0.1, 0.15) is 15.9 Å². The standard InChI is InChI=1S/C9H6N2O4/c1-15-9-7(5-12)3-2-6(4-10)8(9)11(13)14/h2-3,5H,1H3.